The molecule has 0 fully saturated rings. The quantitative estimate of drug-likeness (QED) is 0.109. The molecule has 4 aromatic rings. The summed E-state index contributed by atoms with van der Waals surface area (Å²) in [5.41, 5.74) is -0.845. The molecule has 0 amide bonds. The molecule has 0 saturated carbocycles. The molecule has 0 heterocycles. The van der Waals surface area contributed by atoms with Crippen molar-refractivity contribution in [1.82, 2.24) is 0 Å². The lowest BCUT2D eigenvalue weighted by Gasteiger charge is -2.22. The minimum Gasteiger partial charge on any atom is -0.497 e. The molecule has 40 heavy (non-hydrogen) atoms. The Balaban J connectivity index is 0.000000649. The molecule has 0 aliphatic rings. The Morgan fingerprint density at radius 2 is 1.23 bits per heavy atom. The van der Waals surface area contributed by atoms with E-state index in [9.17, 15) is 30.3 Å². The Labute approximate surface area is 229 Å². The van der Waals surface area contributed by atoms with Gasteiger partial charge in [-0.05, 0) is 43.3 Å². The van der Waals surface area contributed by atoms with E-state index in [4.69, 9.17) is 4.74 Å². The van der Waals surface area contributed by atoms with Crippen LogP contribution in [0.5, 0.6) is 5.75 Å². The number of nitro benzene ring substituents is 3. The minimum atomic E-state index is -0.922. The molecule has 12 heteroatoms. The highest BCUT2D eigenvalue weighted by molar-refractivity contribution is 6.13. The first kappa shape index (κ1) is 28.9. The number of amidine groups is 1. The van der Waals surface area contributed by atoms with Crippen molar-refractivity contribution in [3.05, 3.63) is 139 Å². The normalized spacial score (nSPS) is 10.6. The van der Waals surface area contributed by atoms with Crippen LogP contribution < -0.4 is 9.64 Å². The topological polar surface area (TPSA) is 154 Å². The van der Waals surface area contributed by atoms with Crippen LogP contribution in [0.4, 0.5) is 28.4 Å². The van der Waals surface area contributed by atoms with E-state index in [2.05, 4.69) is 4.99 Å². The maximum atomic E-state index is 11.8. The second-order valence-corrected chi connectivity index (χ2v) is 8.32. The van der Waals surface area contributed by atoms with E-state index in [0.29, 0.717) is 29.1 Å². The molecule has 4 aromatic carbocycles. The summed E-state index contributed by atoms with van der Waals surface area (Å²) in [4.78, 5) is 37.9. The smallest absolute Gasteiger partial charge is 0.306 e. The van der Waals surface area contributed by atoms with E-state index in [1.165, 1.54) is 19.1 Å². The average molecular weight is 544 g/mol. The molecule has 0 unspecified atom stereocenters. The highest BCUT2D eigenvalue weighted by Crippen LogP contribution is 2.41. The maximum Gasteiger partial charge on any atom is 0.306 e. The van der Waals surface area contributed by atoms with Gasteiger partial charge in [-0.3, -0.25) is 30.3 Å². The molecule has 0 aromatic heterocycles. The molecule has 4 rings (SSSR count). The first-order valence-corrected chi connectivity index (χ1v) is 11.8. The molecular weight excluding hydrogens is 518 g/mol. The lowest BCUT2D eigenvalue weighted by molar-refractivity contribution is -0.402. The summed E-state index contributed by atoms with van der Waals surface area (Å²) in [6.07, 6.45) is 0. The number of non-ortho nitro benzene ring substituents is 1. The third kappa shape index (κ3) is 7.22. The number of aryl methyl sites for hydroxylation is 1. The first-order chi connectivity index (χ1) is 19.1. The van der Waals surface area contributed by atoms with Gasteiger partial charge in [0.05, 0.1) is 39.7 Å². The van der Waals surface area contributed by atoms with Crippen molar-refractivity contribution in [1.29, 1.82) is 0 Å². The molecular formula is C28H25N5O7. The number of nitrogens with zero attached hydrogens (tertiary/aromatic N) is 5. The van der Waals surface area contributed by atoms with Crippen molar-refractivity contribution in [2.45, 2.75) is 6.92 Å². The summed E-state index contributed by atoms with van der Waals surface area (Å²) >= 11 is 0. The van der Waals surface area contributed by atoms with Crippen LogP contribution in [0, 0.1) is 37.3 Å². The van der Waals surface area contributed by atoms with Gasteiger partial charge in [0.2, 0.25) is 5.69 Å². The summed E-state index contributed by atoms with van der Waals surface area (Å²) < 4.78 is 5.17. The number of methoxy groups -OCH3 is 1. The van der Waals surface area contributed by atoms with Crippen LogP contribution in [0.1, 0.15) is 11.1 Å². The number of rotatable bonds is 7. The van der Waals surface area contributed by atoms with Gasteiger partial charge in [0.25, 0.3) is 5.69 Å². The largest absolute Gasteiger partial charge is 0.497 e. The Hall–Kier alpha value is -5.65. The van der Waals surface area contributed by atoms with Crippen LogP contribution in [-0.4, -0.2) is 34.8 Å². The molecule has 0 spiro atoms. The van der Waals surface area contributed by atoms with E-state index in [0.717, 1.165) is 5.56 Å². The van der Waals surface area contributed by atoms with Crippen LogP contribution >= 0.6 is 0 Å². The number of hydrogen-bond donors (Lipinski definition) is 0. The van der Waals surface area contributed by atoms with Crippen LogP contribution in [0.2, 0.25) is 0 Å². The van der Waals surface area contributed by atoms with Gasteiger partial charge >= 0.3 is 11.4 Å². The number of ether oxygens (including phenoxy) is 1. The average Bonchev–Trinajstić information content (AvgIpc) is 2.97. The van der Waals surface area contributed by atoms with Crippen molar-refractivity contribution < 1.29 is 19.5 Å². The van der Waals surface area contributed by atoms with Gasteiger partial charge in [-0.15, -0.1) is 0 Å². The van der Waals surface area contributed by atoms with Gasteiger partial charge in [-0.2, -0.15) is 0 Å². The molecule has 0 radical (unpaired) electrons. The molecule has 0 bridgehead atoms. The monoisotopic (exact) mass is 543 g/mol. The predicted molar refractivity (Wildman–Crippen MR) is 152 cm³/mol. The standard InChI is InChI=1S/C22H19N5O7.C6H6/c1-14-4-8-16(9-5-14)23-22(15-6-10-18(34-3)11-7-15)24(2)21-19(26(30)31)12-17(25(28)29)13-20(21)27(32)33;1-2-4-6-5-3-1/h4-13H,1-3H3;1-6H. The van der Waals surface area contributed by atoms with Crippen molar-refractivity contribution in [3.63, 3.8) is 0 Å². The molecule has 0 aliphatic carbocycles. The van der Waals surface area contributed by atoms with Gasteiger partial charge in [0.15, 0.2) is 0 Å². The van der Waals surface area contributed by atoms with E-state index >= 15 is 0 Å². The number of hydrogen-bond acceptors (Lipinski definition) is 8. The number of benzene rings is 4. The minimum absolute atomic E-state index is 0.145. The fraction of sp³-hybridized carbons (Fsp3) is 0.107. The SMILES string of the molecule is COc1ccc(C(=Nc2ccc(C)cc2)N(C)c2c([N+](=O)[O-])cc([N+](=O)[O-])cc2[N+](=O)[O-])cc1.c1ccccc1. The molecule has 12 nitrogen and oxygen atoms in total. The summed E-state index contributed by atoms with van der Waals surface area (Å²) in [6.45, 7) is 1.90. The van der Waals surface area contributed by atoms with Crippen LogP contribution in [0.3, 0.4) is 0 Å². The third-order valence-corrected chi connectivity index (χ3v) is 5.60. The second-order valence-electron chi connectivity index (χ2n) is 8.32. The Bertz CT molecular complexity index is 1460. The predicted octanol–water partition coefficient (Wildman–Crippen LogP) is 6.63. The lowest BCUT2D eigenvalue weighted by Crippen LogP contribution is -2.28. The second kappa shape index (κ2) is 13.2. The zero-order chi connectivity index (χ0) is 29.2. The molecule has 204 valence electrons. The summed E-state index contributed by atoms with van der Waals surface area (Å²) in [5, 5.41) is 34.8. The lowest BCUT2D eigenvalue weighted by atomic mass is 10.1. The van der Waals surface area contributed by atoms with Crippen LogP contribution in [0.15, 0.2) is 102 Å². The number of aliphatic imine (C=N–C) groups is 1. The van der Waals surface area contributed by atoms with Crippen molar-refractivity contribution in [2.24, 2.45) is 4.99 Å². The highest BCUT2D eigenvalue weighted by atomic mass is 16.6. The van der Waals surface area contributed by atoms with Crippen molar-refractivity contribution in [3.8, 4) is 5.75 Å². The Kier molecular flexibility index (Phi) is 9.57. The van der Waals surface area contributed by atoms with E-state index < -0.39 is 37.5 Å². The fourth-order valence-corrected chi connectivity index (χ4v) is 3.62. The molecule has 0 N–H and O–H groups in total. The van der Waals surface area contributed by atoms with Crippen molar-refractivity contribution in [2.75, 3.05) is 19.1 Å². The van der Waals surface area contributed by atoms with Gasteiger partial charge in [-0.25, -0.2) is 4.99 Å². The Morgan fingerprint density at radius 1 is 0.750 bits per heavy atom. The highest BCUT2D eigenvalue weighted by Gasteiger charge is 2.34. The maximum absolute atomic E-state index is 11.8. The van der Waals surface area contributed by atoms with Crippen molar-refractivity contribution >= 4 is 34.3 Å². The van der Waals surface area contributed by atoms with E-state index in [1.54, 1.807) is 36.4 Å². The van der Waals surface area contributed by atoms with E-state index in [1.807, 2.05) is 55.5 Å². The Morgan fingerprint density at radius 3 is 1.62 bits per heavy atom. The van der Waals surface area contributed by atoms with Gasteiger partial charge < -0.3 is 9.64 Å². The number of anilines is 1. The fourth-order valence-electron chi connectivity index (χ4n) is 3.62. The third-order valence-electron chi connectivity index (χ3n) is 5.60. The van der Waals surface area contributed by atoms with Gasteiger partial charge in [0, 0.05) is 12.6 Å². The summed E-state index contributed by atoms with van der Waals surface area (Å²) in [7, 11) is 2.87. The van der Waals surface area contributed by atoms with E-state index in [-0.39, 0.29) is 5.84 Å². The molecule has 0 saturated heterocycles. The van der Waals surface area contributed by atoms with Crippen LogP contribution in [-0.2, 0) is 0 Å². The van der Waals surface area contributed by atoms with Gasteiger partial charge in [0.1, 0.15) is 11.6 Å². The van der Waals surface area contributed by atoms with Crippen LogP contribution in [0.25, 0.3) is 0 Å². The summed E-state index contributed by atoms with van der Waals surface area (Å²) in [6, 6.07) is 27.1. The molecule has 0 aliphatic heterocycles. The molecule has 0 atom stereocenters. The van der Waals surface area contributed by atoms with Gasteiger partial charge in [-0.1, -0.05) is 54.1 Å². The first-order valence-electron chi connectivity index (χ1n) is 11.8. The summed E-state index contributed by atoms with van der Waals surface area (Å²) in [5.74, 6) is 0.694. The zero-order valence-corrected chi connectivity index (χ0v) is 21.8. The zero-order valence-electron chi connectivity index (χ0n) is 21.8. The number of nitro groups is 3.